The Morgan fingerprint density at radius 2 is 1.81 bits per heavy atom. The molecule has 1 N–H and O–H groups in total. The second-order valence-corrected chi connectivity index (χ2v) is 10.3. The van der Waals surface area contributed by atoms with E-state index in [1.807, 2.05) is 6.07 Å². The van der Waals surface area contributed by atoms with E-state index in [1.54, 1.807) is 0 Å². The molecule has 1 aliphatic carbocycles. The van der Waals surface area contributed by atoms with E-state index in [0.29, 0.717) is 19.1 Å². The van der Waals surface area contributed by atoms with Gasteiger partial charge >= 0.3 is 0 Å². The van der Waals surface area contributed by atoms with Crippen LogP contribution in [-0.2, 0) is 13.1 Å². The smallest absolute Gasteiger partial charge is 0.252 e. The summed E-state index contributed by atoms with van der Waals surface area (Å²) in [5, 5.41) is 14.2. The average Bonchev–Trinajstić information content (AvgIpc) is 3.57. The van der Waals surface area contributed by atoms with Gasteiger partial charge in [0.15, 0.2) is 5.82 Å². The third-order valence-corrected chi connectivity index (χ3v) is 7.63. The summed E-state index contributed by atoms with van der Waals surface area (Å²) in [7, 11) is 0. The van der Waals surface area contributed by atoms with Crippen molar-refractivity contribution < 1.29 is 0 Å². The number of hydrogen-bond acceptors (Lipinski definition) is 5. The maximum absolute atomic E-state index is 13.2. The molecular weight excluding hydrogens is 448 g/mol. The van der Waals surface area contributed by atoms with Crippen LogP contribution in [0.15, 0.2) is 53.3 Å². The van der Waals surface area contributed by atoms with Gasteiger partial charge in [-0.25, -0.2) is 4.68 Å². The first kappa shape index (κ1) is 24.4. The van der Waals surface area contributed by atoms with Crippen LogP contribution in [0.25, 0.3) is 10.9 Å². The van der Waals surface area contributed by atoms with Crippen molar-refractivity contribution >= 4 is 10.9 Å². The van der Waals surface area contributed by atoms with Gasteiger partial charge in [-0.1, -0.05) is 56.5 Å². The Bertz CT molecular complexity index is 1370. The van der Waals surface area contributed by atoms with Gasteiger partial charge in [0.2, 0.25) is 0 Å². The minimum absolute atomic E-state index is 0.0145. The molecule has 7 nitrogen and oxygen atoms in total. The highest BCUT2D eigenvalue weighted by atomic mass is 16.1. The van der Waals surface area contributed by atoms with Crippen LogP contribution in [0.4, 0.5) is 0 Å². The van der Waals surface area contributed by atoms with Crippen molar-refractivity contribution in [3.8, 4) is 0 Å². The third-order valence-electron chi connectivity index (χ3n) is 7.63. The second kappa shape index (κ2) is 10.7. The zero-order valence-corrected chi connectivity index (χ0v) is 21.6. The van der Waals surface area contributed by atoms with E-state index in [1.165, 1.54) is 29.5 Å². The Hall–Kier alpha value is -3.32. The van der Waals surface area contributed by atoms with Crippen LogP contribution in [0.3, 0.4) is 0 Å². The number of nitrogens with one attached hydrogen (secondary N) is 1. The lowest BCUT2D eigenvalue weighted by Gasteiger charge is -2.31. The van der Waals surface area contributed by atoms with Crippen molar-refractivity contribution in [2.75, 3.05) is 0 Å². The van der Waals surface area contributed by atoms with Crippen LogP contribution in [0.1, 0.15) is 85.6 Å². The largest absolute Gasteiger partial charge is 0.322 e. The Kier molecular flexibility index (Phi) is 7.28. The van der Waals surface area contributed by atoms with Crippen LogP contribution in [0, 0.1) is 13.8 Å². The quantitative estimate of drug-likeness (QED) is 0.325. The fraction of sp³-hybridized carbons (Fsp3) is 0.448. The molecule has 4 aromatic rings. The van der Waals surface area contributed by atoms with Gasteiger partial charge in [0.05, 0.1) is 12.1 Å². The van der Waals surface area contributed by atoms with Crippen molar-refractivity contribution in [1.82, 2.24) is 30.1 Å². The molecule has 1 unspecified atom stereocenters. The molecule has 0 amide bonds. The molecule has 0 aliphatic heterocycles. The molecule has 1 fully saturated rings. The summed E-state index contributed by atoms with van der Waals surface area (Å²) in [4.78, 5) is 18.7. The van der Waals surface area contributed by atoms with Gasteiger partial charge in [0, 0.05) is 24.2 Å². The molecule has 0 radical (unpaired) electrons. The predicted molar refractivity (Wildman–Crippen MR) is 143 cm³/mol. The Balaban J connectivity index is 1.55. The molecular formula is C29H36N6O. The average molecular weight is 485 g/mol. The molecule has 0 saturated heterocycles. The van der Waals surface area contributed by atoms with Crippen LogP contribution in [0.2, 0.25) is 0 Å². The molecule has 0 bridgehead atoms. The zero-order chi connectivity index (χ0) is 25.1. The number of tetrazole rings is 1. The molecule has 188 valence electrons. The Morgan fingerprint density at radius 1 is 1.06 bits per heavy atom. The minimum Gasteiger partial charge on any atom is -0.322 e. The van der Waals surface area contributed by atoms with E-state index in [-0.39, 0.29) is 11.6 Å². The van der Waals surface area contributed by atoms with E-state index in [0.717, 1.165) is 48.0 Å². The minimum atomic E-state index is -0.0329. The van der Waals surface area contributed by atoms with Crippen LogP contribution < -0.4 is 5.56 Å². The molecule has 1 atom stereocenters. The van der Waals surface area contributed by atoms with Gasteiger partial charge in [-0.05, 0) is 83.8 Å². The highest BCUT2D eigenvalue weighted by Crippen LogP contribution is 2.34. The molecule has 1 saturated carbocycles. The molecule has 7 heteroatoms. The Morgan fingerprint density at radius 3 is 2.56 bits per heavy atom. The van der Waals surface area contributed by atoms with Gasteiger partial charge in [0.25, 0.3) is 5.56 Å². The molecule has 1 aliphatic rings. The first-order valence-electron chi connectivity index (χ1n) is 13.2. The summed E-state index contributed by atoms with van der Waals surface area (Å²) in [5.74, 6) is 0.920. The van der Waals surface area contributed by atoms with Crippen LogP contribution in [0.5, 0.6) is 0 Å². The highest BCUT2D eigenvalue weighted by Gasteiger charge is 2.30. The summed E-state index contributed by atoms with van der Waals surface area (Å²) in [5.41, 5.74) is 5.23. The number of hydrogen-bond donors (Lipinski definition) is 1. The monoisotopic (exact) mass is 484 g/mol. The topological polar surface area (TPSA) is 79.7 Å². The summed E-state index contributed by atoms with van der Waals surface area (Å²) in [6.45, 7) is 7.63. The number of H-pyrrole nitrogens is 1. The van der Waals surface area contributed by atoms with Crippen LogP contribution >= 0.6 is 0 Å². The number of nitrogens with zero attached hydrogens (tertiary/aromatic N) is 5. The number of pyridine rings is 1. The molecule has 5 rings (SSSR count). The Labute approximate surface area is 212 Å². The van der Waals surface area contributed by atoms with Crippen molar-refractivity contribution in [3.05, 3.63) is 87.0 Å². The number of aromatic nitrogens is 5. The number of fused-ring (bicyclic) bond motifs is 1. The second-order valence-electron chi connectivity index (χ2n) is 10.3. The highest BCUT2D eigenvalue weighted by molar-refractivity contribution is 5.80. The maximum atomic E-state index is 13.2. The molecule has 2 aromatic heterocycles. The van der Waals surface area contributed by atoms with Crippen molar-refractivity contribution in [2.45, 2.75) is 84.5 Å². The molecule has 2 aromatic carbocycles. The van der Waals surface area contributed by atoms with Gasteiger partial charge in [-0.3, -0.25) is 9.69 Å². The summed E-state index contributed by atoms with van der Waals surface area (Å²) in [6.07, 6.45) is 6.62. The van der Waals surface area contributed by atoms with Crippen molar-refractivity contribution in [2.24, 2.45) is 0 Å². The lowest BCUT2D eigenvalue weighted by atomic mass is 10.0. The molecule has 2 heterocycles. The predicted octanol–water partition coefficient (Wildman–Crippen LogP) is 5.79. The van der Waals surface area contributed by atoms with Gasteiger partial charge in [0.1, 0.15) is 0 Å². The van der Waals surface area contributed by atoms with E-state index in [9.17, 15) is 4.79 Å². The van der Waals surface area contributed by atoms with Crippen molar-refractivity contribution in [3.63, 3.8) is 0 Å². The lowest BCUT2D eigenvalue weighted by Crippen LogP contribution is -2.33. The number of aryl methyl sites for hydroxylation is 2. The fourth-order valence-electron chi connectivity index (χ4n) is 5.53. The first-order valence-corrected chi connectivity index (χ1v) is 13.2. The number of aromatic amines is 1. The van der Waals surface area contributed by atoms with E-state index in [4.69, 9.17) is 0 Å². The zero-order valence-electron chi connectivity index (χ0n) is 21.6. The fourth-order valence-corrected chi connectivity index (χ4v) is 5.53. The van der Waals surface area contributed by atoms with Crippen LogP contribution in [-0.4, -0.2) is 30.1 Å². The third kappa shape index (κ3) is 5.12. The molecule has 36 heavy (non-hydrogen) atoms. The van der Waals surface area contributed by atoms with E-state index < -0.39 is 0 Å². The van der Waals surface area contributed by atoms with Gasteiger partial charge in [-0.15, -0.1) is 5.10 Å². The number of rotatable bonds is 9. The van der Waals surface area contributed by atoms with Gasteiger partial charge < -0.3 is 4.98 Å². The van der Waals surface area contributed by atoms with Gasteiger partial charge in [-0.2, -0.15) is 0 Å². The normalized spacial score (nSPS) is 15.2. The lowest BCUT2D eigenvalue weighted by molar-refractivity contribution is 0.153. The molecule has 0 spiro atoms. The summed E-state index contributed by atoms with van der Waals surface area (Å²) in [6, 6.07) is 17.1. The summed E-state index contributed by atoms with van der Waals surface area (Å²) >= 11 is 0. The first-order chi connectivity index (χ1) is 17.5. The van der Waals surface area contributed by atoms with E-state index in [2.05, 4.69) is 93.3 Å². The maximum Gasteiger partial charge on any atom is 0.252 e. The van der Waals surface area contributed by atoms with E-state index >= 15 is 0 Å². The standard InChI is InChI=1S/C29H36N6O/c1-4-10-27(28-31-32-33-35(28)25-13-8-9-14-25)34(18-22-11-6-5-7-12-22)19-24-17-23-15-20(2)21(3)16-26(23)30-29(24)36/h5-7,11-12,15-17,25,27H,4,8-10,13-14,18-19H2,1-3H3,(H,30,36). The van der Waals surface area contributed by atoms with Crippen molar-refractivity contribution in [1.29, 1.82) is 0 Å². The summed E-state index contributed by atoms with van der Waals surface area (Å²) < 4.78 is 2.07. The SMILES string of the molecule is CCCC(c1nnnn1C1CCCC1)N(Cc1ccccc1)Cc1cc2cc(C)c(C)cc2[nH]c1=O. The number of benzene rings is 2.